The van der Waals surface area contributed by atoms with Gasteiger partial charge in [-0.25, -0.2) is 4.39 Å². The molecule has 0 aliphatic carbocycles. The smallest absolute Gasteiger partial charge is 0.220 e. The van der Waals surface area contributed by atoms with Crippen molar-refractivity contribution in [1.29, 1.82) is 0 Å². The molecule has 0 aliphatic heterocycles. The minimum atomic E-state index is -0.239. The minimum absolute atomic E-state index is 0.00480. The van der Waals surface area contributed by atoms with E-state index >= 15 is 0 Å². The van der Waals surface area contributed by atoms with Crippen molar-refractivity contribution in [3.63, 3.8) is 0 Å². The largest absolute Gasteiger partial charge is 0.492 e. The lowest BCUT2D eigenvalue weighted by Crippen LogP contribution is -2.23. The van der Waals surface area contributed by atoms with Crippen LogP contribution in [-0.4, -0.2) is 24.3 Å². The molecule has 0 aromatic heterocycles. The molecule has 0 saturated heterocycles. The molecule has 0 bridgehead atoms. The summed E-state index contributed by atoms with van der Waals surface area (Å²) in [4.78, 5) is 13.1. The van der Waals surface area contributed by atoms with Crippen molar-refractivity contribution in [1.82, 2.24) is 5.32 Å². The van der Waals surface area contributed by atoms with Crippen molar-refractivity contribution in [2.75, 3.05) is 13.2 Å². The molecular weight excluding hydrogens is 351 g/mol. The van der Waals surface area contributed by atoms with E-state index in [-0.39, 0.29) is 17.0 Å². The number of para-hydroxylation sites is 1. The number of halogens is 1. The van der Waals surface area contributed by atoms with E-state index in [0.717, 1.165) is 22.6 Å². The van der Waals surface area contributed by atoms with Crippen LogP contribution in [0.3, 0.4) is 0 Å². The molecule has 0 fully saturated rings. The fourth-order valence-corrected chi connectivity index (χ4v) is 3.37. The summed E-state index contributed by atoms with van der Waals surface area (Å²) in [6.45, 7) is 3.39. The van der Waals surface area contributed by atoms with Gasteiger partial charge in [0.25, 0.3) is 0 Å². The fraction of sp³-hybridized carbons (Fsp3) is 0.350. The predicted octanol–water partition coefficient (Wildman–Crippen LogP) is 3.74. The maximum atomic E-state index is 12.9. The molecule has 26 heavy (non-hydrogen) atoms. The summed E-state index contributed by atoms with van der Waals surface area (Å²) in [5, 5.41) is 3.20. The van der Waals surface area contributed by atoms with Crippen LogP contribution in [0, 0.1) is 5.82 Å². The number of thioether (sulfide) groups is 1. The summed E-state index contributed by atoms with van der Waals surface area (Å²) in [5.74, 6) is 0.515. The van der Waals surface area contributed by atoms with Gasteiger partial charge in [0.05, 0.1) is 0 Å². The second-order valence-corrected chi connectivity index (χ2v) is 7.45. The molecule has 1 atom stereocenters. The van der Waals surface area contributed by atoms with Gasteiger partial charge in [-0.15, -0.1) is 11.8 Å². The Morgan fingerprint density at radius 2 is 1.96 bits per heavy atom. The molecule has 2 aromatic rings. The summed E-state index contributed by atoms with van der Waals surface area (Å²) in [7, 11) is 0. The quantitative estimate of drug-likeness (QED) is 0.620. The van der Waals surface area contributed by atoms with Crippen LogP contribution in [0.5, 0.6) is 5.75 Å². The highest BCUT2D eigenvalue weighted by Gasteiger charge is 2.10. The molecule has 0 saturated carbocycles. The summed E-state index contributed by atoms with van der Waals surface area (Å²) in [5.41, 5.74) is 6.40. The zero-order valence-corrected chi connectivity index (χ0v) is 15.7. The maximum absolute atomic E-state index is 12.9. The first-order valence-electron chi connectivity index (χ1n) is 8.68. The Hall–Kier alpha value is -2.05. The highest BCUT2D eigenvalue weighted by molar-refractivity contribution is 7.99. The number of hydrogen-bond donors (Lipinski definition) is 2. The minimum Gasteiger partial charge on any atom is -0.492 e. The third-order valence-electron chi connectivity index (χ3n) is 3.75. The number of carbonyl (C=O) groups excluding carboxylic acids is 1. The first kappa shape index (κ1) is 20.3. The molecule has 2 aromatic carbocycles. The lowest BCUT2D eigenvalue weighted by Gasteiger charge is -2.13. The van der Waals surface area contributed by atoms with E-state index < -0.39 is 0 Å². The lowest BCUT2D eigenvalue weighted by molar-refractivity contribution is -0.121. The molecule has 2 rings (SSSR count). The van der Waals surface area contributed by atoms with Gasteiger partial charge in [-0.1, -0.05) is 25.1 Å². The Balaban J connectivity index is 1.74. The van der Waals surface area contributed by atoms with E-state index in [9.17, 15) is 9.18 Å². The number of amides is 1. The lowest BCUT2D eigenvalue weighted by atomic mass is 10.2. The normalized spacial score (nSPS) is 11.8. The van der Waals surface area contributed by atoms with E-state index in [0.29, 0.717) is 26.1 Å². The molecule has 1 unspecified atom stereocenters. The summed E-state index contributed by atoms with van der Waals surface area (Å²) < 4.78 is 18.5. The van der Waals surface area contributed by atoms with E-state index in [1.807, 2.05) is 24.3 Å². The monoisotopic (exact) mass is 376 g/mol. The molecule has 0 spiro atoms. The molecule has 140 valence electrons. The average Bonchev–Trinajstić information content (AvgIpc) is 2.65. The van der Waals surface area contributed by atoms with Crippen molar-refractivity contribution in [3.8, 4) is 5.75 Å². The van der Waals surface area contributed by atoms with Crippen LogP contribution in [0.25, 0.3) is 0 Å². The van der Waals surface area contributed by atoms with Gasteiger partial charge in [0, 0.05) is 35.2 Å². The molecule has 1 amide bonds. The van der Waals surface area contributed by atoms with Crippen LogP contribution in [-0.2, 0) is 11.3 Å². The van der Waals surface area contributed by atoms with Crippen LogP contribution in [0.4, 0.5) is 4.39 Å². The Morgan fingerprint density at radius 1 is 1.23 bits per heavy atom. The van der Waals surface area contributed by atoms with Gasteiger partial charge >= 0.3 is 0 Å². The Labute approximate surface area is 158 Å². The zero-order chi connectivity index (χ0) is 18.8. The standard InChI is InChI=1S/C20H25FN2O2S/c1-15(26-18-9-7-17(21)8-10-18)6-11-20(24)23-14-16-4-2-3-5-19(16)25-13-12-22/h2-5,7-10,15H,6,11-14,22H2,1H3,(H,23,24). The molecular formula is C20H25FN2O2S. The number of nitrogens with two attached hydrogens (primary N) is 1. The molecule has 0 radical (unpaired) electrons. The van der Waals surface area contributed by atoms with E-state index in [1.54, 1.807) is 23.9 Å². The number of hydrogen-bond acceptors (Lipinski definition) is 4. The Bertz CT molecular complexity index is 694. The van der Waals surface area contributed by atoms with Crippen LogP contribution in [0.15, 0.2) is 53.4 Å². The van der Waals surface area contributed by atoms with Crippen molar-refractivity contribution >= 4 is 17.7 Å². The molecule has 0 heterocycles. The molecule has 4 nitrogen and oxygen atoms in total. The number of ether oxygens (including phenoxy) is 1. The Morgan fingerprint density at radius 3 is 2.69 bits per heavy atom. The maximum Gasteiger partial charge on any atom is 0.220 e. The highest BCUT2D eigenvalue weighted by atomic mass is 32.2. The first-order valence-corrected chi connectivity index (χ1v) is 9.56. The fourth-order valence-electron chi connectivity index (χ4n) is 2.38. The SMILES string of the molecule is CC(CCC(=O)NCc1ccccc1OCCN)Sc1ccc(F)cc1. The molecule has 3 N–H and O–H groups in total. The van der Waals surface area contributed by atoms with Crippen molar-refractivity contribution < 1.29 is 13.9 Å². The molecule has 6 heteroatoms. The summed E-state index contributed by atoms with van der Waals surface area (Å²) in [6, 6.07) is 14.0. The van der Waals surface area contributed by atoms with Gasteiger partial charge < -0.3 is 15.8 Å². The summed E-state index contributed by atoms with van der Waals surface area (Å²) >= 11 is 1.64. The van der Waals surface area contributed by atoms with Gasteiger partial charge in [0.1, 0.15) is 18.2 Å². The topological polar surface area (TPSA) is 64.3 Å². The van der Waals surface area contributed by atoms with E-state index in [2.05, 4.69) is 12.2 Å². The van der Waals surface area contributed by atoms with Gasteiger partial charge in [0.2, 0.25) is 5.91 Å². The predicted molar refractivity (Wildman–Crippen MR) is 104 cm³/mol. The number of benzene rings is 2. The van der Waals surface area contributed by atoms with Crippen LogP contribution in [0.2, 0.25) is 0 Å². The highest BCUT2D eigenvalue weighted by Crippen LogP contribution is 2.26. The third kappa shape index (κ3) is 7.06. The second kappa shape index (κ2) is 10.8. The van der Waals surface area contributed by atoms with E-state index in [4.69, 9.17) is 10.5 Å². The average molecular weight is 376 g/mol. The van der Waals surface area contributed by atoms with Gasteiger partial charge in [0.15, 0.2) is 0 Å². The van der Waals surface area contributed by atoms with Crippen LogP contribution in [0.1, 0.15) is 25.3 Å². The zero-order valence-electron chi connectivity index (χ0n) is 14.9. The van der Waals surface area contributed by atoms with Gasteiger partial charge in [-0.3, -0.25) is 4.79 Å². The van der Waals surface area contributed by atoms with Gasteiger partial charge in [-0.05, 0) is 36.8 Å². The van der Waals surface area contributed by atoms with Crippen LogP contribution >= 0.6 is 11.8 Å². The van der Waals surface area contributed by atoms with Gasteiger partial charge in [-0.2, -0.15) is 0 Å². The van der Waals surface area contributed by atoms with Crippen molar-refractivity contribution in [2.24, 2.45) is 5.73 Å². The third-order valence-corrected chi connectivity index (χ3v) is 4.94. The van der Waals surface area contributed by atoms with E-state index in [1.165, 1.54) is 12.1 Å². The number of carbonyl (C=O) groups is 1. The second-order valence-electron chi connectivity index (χ2n) is 5.94. The first-order chi connectivity index (χ1) is 12.6. The summed E-state index contributed by atoms with van der Waals surface area (Å²) in [6.07, 6.45) is 1.19. The number of nitrogens with one attached hydrogen (secondary N) is 1. The van der Waals surface area contributed by atoms with Crippen LogP contribution < -0.4 is 15.8 Å². The Kier molecular flexibility index (Phi) is 8.44. The van der Waals surface area contributed by atoms with Crippen molar-refractivity contribution in [3.05, 3.63) is 59.9 Å². The number of rotatable bonds is 10. The molecule has 0 aliphatic rings. The van der Waals surface area contributed by atoms with Crippen molar-refractivity contribution in [2.45, 2.75) is 36.5 Å².